The van der Waals surface area contributed by atoms with Gasteiger partial charge in [-0.3, -0.25) is 9.69 Å². The number of unbranched alkanes of at least 4 members (excludes halogenated alkanes) is 15. The molecule has 2 rings (SSSR count). The van der Waals surface area contributed by atoms with Crippen LogP contribution < -0.4 is 10.2 Å². The molecule has 0 aromatic carbocycles. The van der Waals surface area contributed by atoms with Crippen molar-refractivity contribution in [3.8, 4) is 0 Å². The van der Waals surface area contributed by atoms with Gasteiger partial charge in [-0.15, -0.1) is 0 Å². The van der Waals surface area contributed by atoms with E-state index in [0.717, 1.165) is 51.4 Å². The molecule has 1 amide bonds. The van der Waals surface area contributed by atoms with Crippen LogP contribution in [0.5, 0.6) is 0 Å². The number of aliphatic hydroxyl groups excluding tert-OH is 1. The monoisotopic (exact) mass is 516 g/mol. The Morgan fingerprint density at radius 3 is 1.70 bits per heavy atom. The first-order valence-corrected chi connectivity index (χ1v) is 15.5. The number of aliphatic hydroxyl groups is 1. The molecule has 1 aliphatic heterocycles. The molecule has 37 heavy (non-hydrogen) atoms. The molecule has 1 saturated heterocycles. The van der Waals surface area contributed by atoms with Crippen LogP contribution in [0.15, 0.2) is 18.3 Å². The minimum absolute atomic E-state index is 0.00891. The lowest BCUT2D eigenvalue weighted by Gasteiger charge is -2.37. The summed E-state index contributed by atoms with van der Waals surface area (Å²) in [6.07, 6.45) is 22.4. The minimum atomic E-state index is -0.00891. The first-order valence-electron chi connectivity index (χ1n) is 15.5. The van der Waals surface area contributed by atoms with Crippen molar-refractivity contribution in [3.05, 3.63) is 23.9 Å². The van der Waals surface area contributed by atoms with E-state index in [1.165, 1.54) is 89.9 Å². The van der Waals surface area contributed by atoms with E-state index >= 15 is 0 Å². The molecule has 1 aliphatic rings. The number of nitrogens with zero attached hydrogens (tertiary/aromatic N) is 3. The summed E-state index contributed by atoms with van der Waals surface area (Å²) in [5, 5.41) is 11.8. The maximum Gasteiger partial charge on any atom is 0.252 e. The molecule has 2 heterocycles. The summed E-state index contributed by atoms with van der Waals surface area (Å²) >= 11 is 0. The van der Waals surface area contributed by atoms with Crippen LogP contribution in [-0.2, 0) is 0 Å². The molecule has 0 radical (unpaired) electrons. The second kappa shape index (κ2) is 20.3. The summed E-state index contributed by atoms with van der Waals surface area (Å²) in [6.45, 7) is 9.71. The van der Waals surface area contributed by atoms with Crippen molar-refractivity contribution in [3.63, 3.8) is 0 Å². The van der Waals surface area contributed by atoms with Gasteiger partial charge in [0, 0.05) is 51.6 Å². The summed E-state index contributed by atoms with van der Waals surface area (Å²) in [4.78, 5) is 21.8. The fraction of sp³-hybridized carbons (Fsp3) is 0.806. The zero-order chi connectivity index (χ0) is 26.6. The van der Waals surface area contributed by atoms with E-state index in [2.05, 4.69) is 33.9 Å². The van der Waals surface area contributed by atoms with Gasteiger partial charge in [0.25, 0.3) is 5.91 Å². The van der Waals surface area contributed by atoms with E-state index in [0.29, 0.717) is 18.2 Å². The SMILES string of the molecule is CC(C)N1CCN(c2ccc(C(=O)NCCCCCCCCCCCCCCCCCCO)cn2)CC1. The van der Waals surface area contributed by atoms with E-state index in [4.69, 9.17) is 5.11 Å². The van der Waals surface area contributed by atoms with Crippen LogP contribution in [-0.4, -0.2) is 66.3 Å². The molecular weight excluding hydrogens is 460 g/mol. The Balaban J connectivity index is 1.39. The summed E-state index contributed by atoms with van der Waals surface area (Å²) in [5.74, 6) is 0.964. The fourth-order valence-corrected chi connectivity index (χ4v) is 5.19. The molecule has 1 fully saturated rings. The number of nitrogens with one attached hydrogen (secondary N) is 1. The third-order valence-corrected chi connectivity index (χ3v) is 7.75. The Labute approximate surface area is 227 Å². The van der Waals surface area contributed by atoms with Crippen LogP contribution in [0, 0.1) is 0 Å². The number of hydrogen-bond acceptors (Lipinski definition) is 5. The quantitative estimate of drug-likeness (QED) is 0.181. The Morgan fingerprint density at radius 1 is 0.784 bits per heavy atom. The highest BCUT2D eigenvalue weighted by atomic mass is 16.2. The van der Waals surface area contributed by atoms with Gasteiger partial charge in [-0.1, -0.05) is 89.9 Å². The second-order valence-electron chi connectivity index (χ2n) is 11.2. The number of hydrogen-bond donors (Lipinski definition) is 2. The van der Waals surface area contributed by atoms with Crippen molar-refractivity contribution in [2.24, 2.45) is 0 Å². The summed E-state index contributed by atoms with van der Waals surface area (Å²) in [5.41, 5.74) is 0.655. The molecular formula is C31H56N4O2. The van der Waals surface area contributed by atoms with Crippen LogP contribution in [0.25, 0.3) is 0 Å². The number of anilines is 1. The Hall–Kier alpha value is -1.66. The predicted molar refractivity (Wildman–Crippen MR) is 156 cm³/mol. The maximum absolute atomic E-state index is 12.4. The van der Waals surface area contributed by atoms with Gasteiger partial charge in [-0.25, -0.2) is 4.98 Å². The molecule has 0 atom stereocenters. The van der Waals surface area contributed by atoms with Gasteiger partial charge in [0.05, 0.1) is 5.56 Å². The molecule has 6 nitrogen and oxygen atoms in total. The number of aromatic nitrogens is 1. The first-order chi connectivity index (χ1) is 18.1. The lowest BCUT2D eigenvalue weighted by atomic mass is 10.0. The average molecular weight is 517 g/mol. The largest absolute Gasteiger partial charge is 0.396 e. The van der Waals surface area contributed by atoms with E-state index in [1.807, 2.05) is 12.1 Å². The molecule has 6 heteroatoms. The summed E-state index contributed by atoms with van der Waals surface area (Å²) in [6, 6.07) is 4.49. The van der Waals surface area contributed by atoms with Gasteiger partial charge in [0.2, 0.25) is 0 Å². The van der Waals surface area contributed by atoms with E-state index in [-0.39, 0.29) is 5.91 Å². The molecule has 1 aromatic heterocycles. The average Bonchev–Trinajstić information content (AvgIpc) is 2.92. The standard InChI is InChI=1S/C31H56N4O2/c1-28(2)34-22-24-35(25-23-34)30-20-19-29(27-33-30)31(37)32-21-17-15-13-11-9-7-5-3-4-6-8-10-12-14-16-18-26-36/h19-20,27-28,36H,3-18,21-26H2,1-2H3,(H,32,37). The predicted octanol–water partition coefficient (Wildman–Crippen LogP) is 6.58. The van der Waals surface area contributed by atoms with Crippen molar-refractivity contribution >= 4 is 11.7 Å². The highest BCUT2D eigenvalue weighted by Gasteiger charge is 2.19. The fourth-order valence-electron chi connectivity index (χ4n) is 5.19. The smallest absolute Gasteiger partial charge is 0.252 e. The van der Waals surface area contributed by atoms with Gasteiger partial charge in [-0.2, -0.15) is 0 Å². The highest BCUT2D eigenvalue weighted by molar-refractivity contribution is 5.94. The van der Waals surface area contributed by atoms with Gasteiger partial charge in [-0.05, 0) is 38.8 Å². The van der Waals surface area contributed by atoms with Crippen molar-refractivity contribution in [2.75, 3.05) is 44.2 Å². The van der Waals surface area contributed by atoms with Crippen LogP contribution in [0.1, 0.15) is 127 Å². The van der Waals surface area contributed by atoms with Gasteiger partial charge in [0.15, 0.2) is 0 Å². The number of pyridine rings is 1. The molecule has 0 aliphatic carbocycles. The first kappa shape index (κ1) is 31.6. The number of piperazine rings is 1. The molecule has 0 spiro atoms. The third kappa shape index (κ3) is 14.2. The third-order valence-electron chi connectivity index (χ3n) is 7.75. The Kier molecular flexibility index (Phi) is 17.3. The number of amides is 1. The lowest BCUT2D eigenvalue weighted by Crippen LogP contribution is -2.49. The highest BCUT2D eigenvalue weighted by Crippen LogP contribution is 2.16. The van der Waals surface area contributed by atoms with Crippen molar-refractivity contribution < 1.29 is 9.90 Å². The van der Waals surface area contributed by atoms with Crippen molar-refractivity contribution in [1.82, 2.24) is 15.2 Å². The zero-order valence-corrected chi connectivity index (χ0v) is 24.1. The topological polar surface area (TPSA) is 68.7 Å². The molecule has 0 unspecified atom stereocenters. The molecule has 212 valence electrons. The van der Waals surface area contributed by atoms with E-state index in [9.17, 15) is 4.79 Å². The van der Waals surface area contributed by atoms with Crippen molar-refractivity contribution in [2.45, 2.75) is 123 Å². The Morgan fingerprint density at radius 2 is 1.27 bits per heavy atom. The normalized spacial score (nSPS) is 14.4. The summed E-state index contributed by atoms with van der Waals surface area (Å²) in [7, 11) is 0. The van der Waals surface area contributed by atoms with Gasteiger partial charge < -0.3 is 15.3 Å². The zero-order valence-electron chi connectivity index (χ0n) is 24.1. The Bertz CT molecular complexity index is 687. The van der Waals surface area contributed by atoms with Gasteiger partial charge >= 0.3 is 0 Å². The van der Waals surface area contributed by atoms with Crippen LogP contribution in [0.4, 0.5) is 5.82 Å². The summed E-state index contributed by atoms with van der Waals surface area (Å²) < 4.78 is 0. The second-order valence-corrected chi connectivity index (χ2v) is 11.2. The molecule has 0 bridgehead atoms. The van der Waals surface area contributed by atoms with Crippen LogP contribution >= 0.6 is 0 Å². The molecule has 2 N–H and O–H groups in total. The van der Waals surface area contributed by atoms with Gasteiger partial charge in [0.1, 0.15) is 5.82 Å². The van der Waals surface area contributed by atoms with Crippen LogP contribution in [0.3, 0.4) is 0 Å². The minimum Gasteiger partial charge on any atom is -0.396 e. The van der Waals surface area contributed by atoms with Crippen molar-refractivity contribution in [1.29, 1.82) is 0 Å². The molecule has 0 saturated carbocycles. The number of rotatable bonds is 21. The number of carbonyl (C=O) groups is 1. The van der Waals surface area contributed by atoms with E-state index in [1.54, 1.807) is 6.20 Å². The van der Waals surface area contributed by atoms with Crippen LogP contribution in [0.2, 0.25) is 0 Å². The van der Waals surface area contributed by atoms with E-state index < -0.39 is 0 Å². The molecule has 1 aromatic rings. The lowest BCUT2D eigenvalue weighted by molar-refractivity contribution is 0.0952. The maximum atomic E-state index is 12.4. The number of carbonyl (C=O) groups excluding carboxylic acids is 1.